The van der Waals surface area contributed by atoms with Crippen LogP contribution in [0, 0.1) is 5.92 Å². The maximum absolute atomic E-state index is 12.3. The number of hydrogen-bond donors (Lipinski definition) is 2. The average molecular weight is 374 g/mol. The summed E-state index contributed by atoms with van der Waals surface area (Å²) in [6, 6.07) is 0. The number of carbonyl (C=O) groups is 2. The molecule has 136 valence electrons. The van der Waals surface area contributed by atoms with Crippen LogP contribution in [0.25, 0.3) is 0 Å². The molecule has 1 fully saturated rings. The molecule has 5 nitrogen and oxygen atoms in total. The fourth-order valence-electron chi connectivity index (χ4n) is 2.43. The molecule has 0 aromatic heterocycles. The Kier molecular flexibility index (Phi) is 8.39. The monoisotopic (exact) mass is 373 g/mol. The minimum Gasteiger partial charge on any atom is -0.481 e. The molecule has 1 unspecified atom stereocenters. The second-order valence-corrected chi connectivity index (χ2v) is 8.61. The number of carbonyl (C=O) groups excluding carboxylic acids is 1. The maximum Gasteiger partial charge on any atom is 0.303 e. The number of nitrogens with zero attached hydrogens (tertiary/aromatic N) is 1. The third-order valence-electron chi connectivity index (χ3n) is 3.84. The Morgan fingerprint density at radius 1 is 1.42 bits per heavy atom. The van der Waals surface area contributed by atoms with Crippen LogP contribution in [0.2, 0.25) is 0 Å². The molecule has 24 heavy (non-hydrogen) atoms. The van der Waals surface area contributed by atoms with Crippen molar-refractivity contribution in [2.24, 2.45) is 5.92 Å². The lowest BCUT2D eigenvalue weighted by atomic mass is 9.95. The molecule has 1 amide bonds. The summed E-state index contributed by atoms with van der Waals surface area (Å²) in [5.74, 6) is -0.544. The van der Waals surface area contributed by atoms with Crippen molar-refractivity contribution in [3.63, 3.8) is 0 Å². The predicted octanol–water partition coefficient (Wildman–Crippen LogP) is 3.56. The normalized spacial score (nSPS) is 18.5. The zero-order valence-electron chi connectivity index (χ0n) is 14.6. The zero-order valence-corrected chi connectivity index (χ0v) is 16.2. The van der Waals surface area contributed by atoms with E-state index in [0.717, 1.165) is 25.7 Å². The molecule has 0 bridgehead atoms. The Morgan fingerprint density at radius 2 is 2.08 bits per heavy atom. The minimum atomic E-state index is -0.865. The minimum absolute atomic E-state index is 0.0361. The van der Waals surface area contributed by atoms with Crippen molar-refractivity contribution in [1.82, 2.24) is 4.90 Å². The van der Waals surface area contributed by atoms with E-state index in [-0.39, 0.29) is 12.3 Å². The fraction of sp³-hybridized carbons (Fsp3) is 0.706. The van der Waals surface area contributed by atoms with Crippen molar-refractivity contribution in [2.45, 2.75) is 64.9 Å². The van der Waals surface area contributed by atoms with E-state index in [1.54, 1.807) is 0 Å². The fourth-order valence-corrected chi connectivity index (χ4v) is 3.72. The molecule has 1 aliphatic heterocycles. The van der Waals surface area contributed by atoms with Crippen LogP contribution in [0.15, 0.2) is 11.0 Å². The van der Waals surface area contributed by atoms with Gasteiger partial charge in [-0.1, -0.05) is 49.8 Å². The first kappa shape index (κ1) is 21.1. The number of carboxylic acids is 1. The zero-order chi connectivity index (χ0) is 18.3. The number of aliphatic hydroxyl groups is 1. The highest BCUT2D eigenvalue weighted by Crippen LogP contribution is 2.32. The van der Waals surface area contributed by atoms with E-state index in [2.05, 4.69) is 6.92 Å². The largest absolute Gasteiger partial charge is 0.481 e. The van der Waals surface area contributed by atoms with Crippen LogP contribution >= 0.6 is 24.0 Å². The van der Waals surface area contributed by atoms with Crippen LogP contribution in [0.1, 0.15) is 59.3 Å². The first-order valence-electron chi connectivity index (χ1n) is 8.28. The van der Waals surface area contributed by atoms with Gasteiger partial charge in [0.25, 0.3) is 5.91 Å². The molecule has 1 rings (SSSR count). The van der Waals surface area contributed by atoms with Crippen LogP contribution in [0.5, 0.6) is 0 Å². The van der Waals surface area contributed by atoms with Gasteiger partial charge in [0.15, 0.2) is 0 Å². The Bertz CT molecular complexity index is 511. The van der Waals surface area contributed by atoms with E-state index < -0.39 is 11.6 Å². The molecule has 0 saturated carbocycles. The van der Waals surface area contributed by atoms with Crippen molar-refractivity contribution >= 4 is 40.2 Å². The van der Waals surface area contributed by atoms with Gasteiger partial charge in [-0.25, -0.2) is 0 Å². The summed E-state index contributed by atoms with van der Waals surface area (Å²) in [4.78, 5) is 25.0. The van der Waals surface area contributed by atoms with Gasteiger partial charge >= 0.3 is 5.97 Å². The lowest BCUT2D eigenvalue weighted by Crippen LogP contribution is -2.29. The number of rotatable bonds is 10. The number of amides is 1. The number of aliphatic carboxylic acids is 1. The highest BCUT2D eigenvalue weighted by molar-refractivity contribution is 8.26. The highest BCUT2D eigenvalue weighted by atomic mass is 32.2. The molecule has 1 heterocycles. The summed E-state index contributed by atoms with van der Waals surface area (Å²) in [6.07, 6.45) is 5.89. The molecule has 2 N–H and O–H groups in total. The van der Waals surface area contributed by atoms with E-state index in [9.17, 15) is 14.7 Å². The van der Waals surface area contributed by atoms with E-state index in [0.29, 0.717) is 28.1 Å². The van der Waals surface area contributed by atoms with Gasteiger partial charge in [0.1, 0.15) is 4.32 Å². The van der Waals surface area contributed by atoms with Crippen molar-refractivity contribution in [3.05, 3.63) is 11.0 Å². The van der Waals surface area contributed by atoms with Crippen molar-refractivity contribution in [2.75, 3.05) is 6.54 Å². The maximum atomic E-state index is 12.3. The molecule has 1 atom stereocenters. The molecule has 0 aromatic rings. The highest BCUT2D eigenvalue weighted by Gasteiger charge is 2.31. The standard InChI is InChI=1S/C17H27NO4S2/c1-12(6-4-10-17(2,3)22)8-9-13-15(21)18(16(23)24-13)11-5-7-14(19)20/h9,12,22H,4-8,10-11H2,1-3H3,(H,19,20)/b13-9-. The van der Waals surface area contributed by atoms with Gasteiger partial charge in [0, 0.05) is 13.0 Å². The van der Waals surface area contributed by atoms with Gasteiger partial charge in [-0.05, 0) is 39.0 Å². The van der Waals surface area contributed by atoms with Crippen LogP contribution in [-0.2, 0) is 9.59 Å². The van der Waals surface area contributed by atoms with Crippen molar-refractivity contribution in [3.8, 4) is 0 Å². The number of thioether (sulfide) groups is 1. The molecular weight excluding hydrogens is 346 g/mol. The number of carboxylic acid groups (broad SMARTS) is 1. The van der Waals surface area contributed by atoms with Crippen LogP contribution < -0.4 is 0 Å². The van der Waals surface area contributed by atoms with Gasteiger partial charge in [-0.15, -0.1) is 0 Å². The second kappa shape index (κ2) is 9.53. The molecule has 0 aromatic carbocycles. The Labute approximate surface area is 153 Å². The molecule has 0 radical (unpaired) electrons. The SMILES string of the molecule is CC(C/C=C1\SC(=S)N(CCCC(=O)O)C1=O)CCCC(C)(C)O. The van der Waals surface area contributed by atoms with Crippen LogP contribution in [-0.4, -0.2) is 43.5 Å². The quantitative estimate of drug-likeness (QED) is 0.450. The lowest BCUT2D eigenvalue weighted by Gasteiger charge is -2.18. The third-order valence-corrected chi connectivity index (χ3v) is 5.26. The summed E-state index contributed by atoms with van der Waals surface area (Å²) < 4.78 is 0.506. The van der Waals surface area contributed by atoms with Gasteiger partial charge in [0.05, 0.1) is 10.5 Å². The van der Waals surface area contributed by atoms with E-state index in [1.165, 1.54) is 16.7 Å². The third kappa shape index (κ3) is 7.77. The van der Waals surface area contributed by atoms with E-state index >= 15 is 0 Å². The van der Waals surface area contributed by atoms with Crippen LogP contribution in [0.3, 0.4) is 0 Å². The van der Waals surface area contributed by atoms with Crippen molar-refractivity contribution < 1.29 is 19.8 Å². The second-order valence-electron chi connectivity index (χ2n) is 6.94. The predicted molar refractivity (Wildman–Crippen MR) is 101 cm³/mol. The van der Waals surface area contributed by atoms with Gasteiger partial charge in [-0.3, -0.25) is 14.5 Å². The molecule has 1 saturated heterocycles. The topological polar surface area (TPSA) is 77.8 Å². The smallest absolute Gasteiger partial charge is 0.303 e. The van der Waals surface area contributed by atoms with E-state index in [4.69, 9.17) is 17.3 Å². The summed E-state index contributed by atoms with van der Waals surface area (Å²) >= 11 is 6.51. The summed E-state index contributed by atoms with van der Waals surface area (Å²) in [5, 5.41) is 18.4. The Balaban J connectivity index is 2.43. The van der Waals surface area contributed by atoms with Gasteiger partial charge < -0.3 is 10.2 Å². The first-order valence-corrected chi connectivity index (χ1v) is 9.50. The molecule has 1 aliphatic rings. The Hall–Kier alpha value is -0.920. The van der Waals surface area contributed by atoms with Gasteiger partial charge in [0.2, 0.25) is 0 Å². The summed E-state index contributed by atoms with van der Waals surface area (Å²) in [6.45, 7) is 6.12. The van der Waals surface area contributed by atoms with Gasteiger partial charge in [-0.2, -0.15) is 0 Å². The number of thiocarbonyl (C=S) groups is 1. The Morgan fingerprint density at radius 3 is 2.67 bits per heavy atom. The summed E-state index contributed by atoms with van der Waals surface area (Å²) in [7, 11) is 0. The molecule has 7 heteroatoms. The molecule has 0 spiro atoms. The molecule has 0 aliphatic carbocycles. The number of allylic oxidation sites excluding steroid dienone is 1. The van der Waals surface area contributed by atoms with Crippen LogP contribution in [0.4, 0.5) is 0 Å². The number of hydrogen-bond acceptors (Lipinski definition) is 5. The summed E-state index contributed by atoms with van der Waals surface area (Å²) in [5.41, 5.74) is -0.627. The molecular formula is C17H27NO4S2. The van der Waals surface area contributed by atoms with E-state index in [1.807, 2.05) is 19.9 Å². The average Bonchev–Trinajstić information content (AvgIpc) is 2.70. The lowest BCUT2D eigenvalue weighted by molar-refractivity contribution is -0.137. The van der Waals surface area contributed by atoms with Crippen molar-refractivity contribution in [1.29, 1.82) is 0 Å². The first-order chi connectivity index (χ1) is 11.1.